The molecule has 0 spiro atoms. The van der Waals surface area contributed by atoms with E-state index in [4.69, 9.17) is 9.47 Å². The first-order chi connectivity index (χ1) is 18.7. The van der Waals surface area contributed by atoms with Crippen molar-refractivity contribution in [2.45, 2.75) is 42.1 Å². The van der Waals surface area contributed by atoms with Gasteiger partial charge < -0.3 is 14.8 Å². The second kappa shape index (κ2) is 11.1. The number of anilines is 1. The molecule has 12 heteroatoms. The number of hydrogen-bond acceptors (Lipinski definition) is 8. The standard InChI is InChI=1S/C27H27N5O5S2/c1-17(2)31-39(34,35)22-12-10-20(11-13-22)28-26(33)18(3)38-27-30-29-25(32(27)21-7-5-4-6-8-21)19-9-14-23-24(15-19)37-16-36-23/h4-15,17-18,31H,16H2,1-3H3,(H,28,33)/t18-/m0/s1. The number of para-hydroxylation sites is 1. The predicted molar refractivity (Wildman–Crippen MR) is 149 cm³/mol. The zero-order valence-electron chi connectivity index (χ0n) is 21.5. The van der Waals surface area contributed by atoms with Gasteiger partial charge in [0.05, 0.1) is 10.1 Å². The van der Waals surface area contributed by atoms with Crippen LogP contribution in [0.5, 0.6) is 11.5 Å². The van der Waals surface area contributed by atoms with E-state index in [1.807, 2.05) is 53.1 Å². The number of fused-ring (bicyclic) bond motifs is 1. The van der Waals surface area contributed by atoms with Crippen LogP contribution >= 0.6 is 11.8 Å². The van der Waals surface area contributed by atoms with Gasteiger partial charge in [0, 0.05) is 23.0 Å². The van der Waals surface area contributed by atoms with Crippen LogP contribution in [-0.4, -0.2) is 47.2 Å². The van der Waals surface area contributed by atoms with Crippen molar-refractivity contribution in [1.29, 1.82) is 0 Å². The van der Waals surface area contributed by atoms with E-state index in [1.165, 1.54) is 23.9 Å². The molecule has 0 fully saturated rings. The summed E-state index contributed by atoms with van der Waals surface area (Å²) in [6, 6.07) is 21.1. The topological polar surface area (TPSA) is 124 Å². The van der Waals surface area contributed by atoms with Crippen LogP contribution in [0.3, 0.4) is 0 Å². The van der Waals surface area contributed by atoms with E-state index in [9.17, 15) is 13.2 Å². The first kappa shape index (κ1) is 26.7. The number of thioether (sulfide) groups is 1. The SMILES string of the molecule is CC(C)NS(=O)(=O)c1ccc(NC(=O)[C@H](C)Sc2nnc(-c3ccc4c(c3)OCO4)n2-c2ccccc2)cc1. The third-order valence-corrected chi connectivity index (χ3v) is 8.47. The van der Waals surface area contributed by atoms with E-state index in [0.29, 0.717) is 28.2 Å². The Bertz CT molecular complexity index is 1590. The fourth-order valence-corrected chi connectivity index (χ4v) is 6.05. The molecule has 4 aromatic rings. The Kier molecular flexibility index (Phi) is 7.60. The molecule has 1 aromatic heterocycles. The van der Waals surface area contributed by atoms with E-state index in [1.54, 1.807) is 32.9 Å². The van der Waals surface area contributed by atoms with Gasteiger partial charge in [-0.2, -0.15) is 0 Å². The lowest BCUT2D eigenvalue weighted by Crippen LogP contribution is -2.30. The average Bonchev–Trinajstić information content (AvgIpc) is 3.55. The molecule has 1 aliphatic heterocycles. The largest absolute Gasteiger partial charge is 0.454 e. The van der Waals surface area contributed by atoms with Gasteiger partial charge in [0.2, 0.25) is 22.7 Å². The fraction of sp³-hybridized carbons (Fsp3) is 0.222. The predicted octanol–water partition coefficient (Wildman–Crippen LogP) is 4.47. The minimum Gasteiger partial charge on any atom is -0.454 e. The molecule has 0 bridgehead atoms. The molecule has 0 saturated heterocycles. The Hall–Kier alpha value is -3.87. The number of benzene rings is 3. The van der Waals surface area contributed by atoms with Crippen LogP contribution in [0.4, 0.5) is 5.69 Å². The molecule has 1 aliphatic rings. The van der Waals surface area contributed by atoms with E-state index < -0.39 is 15.3 Å². The number of nitrogens with one attached hydrogen (secondary N) is 2. The number of aromatic nitrogens is 3. The molecule has 3 aromatic carbocycles. The van der Waals surface area contributed by atoms with Gasteiger partial charge in [-0.05, 0) is 75.4 Å². The molecule has 39 heavy (non-hydrogen) atoms. The number of nitrogens with zero attached hydrogens (tertiary/aromatic N) is 3. The summed E-state index contributed by atoms with van der Waals surface area (Å²) >= 11 is 1.26. The van der Waals surface area contributed by atoms with E-state index in [-0.39, 0.29) is 23.6 Å². The summed E-state index contributed by atoms with van der Waals surface area (Å²) in [6.45, 7) is 5.45. The molecule has 2 N–H and O–H groups in total. The van der Waals surface area contributed by atoms with Gasteiger partial charge in [-0.3, -0.25) is 9.36 Å². The Labute approximate surface area is 230 Å². The molecule has 5 rings (SSSR count). The van der Waals surface area contributed by atoms with Crippen molar-refractivity contribution in [1.82, 2.24) is 19.5 Å². The molecule has 10 nitrogen and oxygen atoms in total. The second-order valence-corrected chi connectivity index (χ2v) is 12.1. The van der Waals surface area contributed by atoms with Gasteiger partial charge >= 0.3 is 0 Å². The Balaban J connectivity index is 1.36. The van der Waals surface area contributed by atoms with Gasteiger partial charge in [0.15, 0.2) is 22.5 Å². The Morgan fingerprint density at radius 1 is 0.949 bits per heavy atom. The number of rotatable bonds is 9. The summed E-state index contributed by atoms with van der Waals surface area (Å²) in [5.74, 6) is 1.65. The van der Waals surface area contributed by atoms with Crippen LogP contribution < -0.4 is 19.5 Å². The lowest BCUT2D eigenvalue weighted by molar-refractivity contribution is -0.115. The minimum absolute atomic E-state index is 0.128. The zero-order chi connectivity index (χ0) is 27.6. The second-order valence-electron chi connectivity index (χ2n) is 9.09. The van der Waals surface area contributed by atoms with Gasteiger partial charge in [0.1, 0.15) is 0 Å². The number of carbonyl (C=O) groups is 1. The quantitative estimate of drug-likeness (QED) is 0.285. The monoisotopic (exact) mass is 565 g/mol. The van der Waals surface area contributed by atoms with Crippen molar-refractivity contribution in [2.24, 2.45) is 0 Å². The van der Waals surface area contributed by atoms with Crippen LogP contribution in [0.15, 0.2) is 82.8 Å². The molecule has 0 radical (unpaired) electrons. The van der Waals surface area contributed by atoms with Gasteiger partial charge in [0.25, 0.3) is 0 Å². The lowest BCUT2D eigenvalue weighted by Gasteiger charge is -2.14. The molecule has 1 atom stereocenters. The van der Waals surface area contributed by atoms with Crippen molar-refractivity contribution >= 4 is 33.4 Å². The van der Waals surface area contributed by atoms with Crippen LogP contribution in [0.1, 0.15) is 20.8 Å². The highest BCUT2D eigenvalue weighted by molar-refractivity contribution is 8.00. The molecule has 2 heterocycles. The van der Waals surface area contributed by atoms with Crippen molar-refractivity contribution in [3.8, 4) is 28.6 Å². The van der Waals surface area contributed by atoms with Gasteiger partial charge in [-0.25, -0.2) is 13.1 Å². The summed E-state index contributed by atoms with van der Waals surface area (Å²) in [6.07, 6.45) is 0. The third-order valence-electron chi connectivity index (χ3n) is 5.75. The van der Waals surface area contributed by atoms with Crippen molar-refractivity contribution in [3.63, 3.8) is 0 Å². The first-order valence-electron chi connectivity index (χ1n) is 12.2. The summed E-state index contributed by atoms with van der Waals surface area (Å²) in [4.78, 5) is 13.2. The van der Waals surface area contributed by atoms with Crippen molar-refractivity contribution in [3.05, 3.63) is 72.8 Å². The van der Waals surface area contributed by atoms with Gasteiger partial charge in [-0.15, -0.1) is 10.2 Å². The smallest absolute Gasteiger partial charge is 0.240 e. The highest BCUT2D eigenvalue weighted by Crippen LogP contribution is 2.37. The van der Waals surface area contributed by atoms with Crippen LogP contribution in [0.25, 0.3) is 17.1 Å². The number of ether oxygens (including phenoxy) is 2. The van der Waals surface area contributed by atoms with Crippen molar-refractivity contribution < 1.29 is 22.7 Å². The fourth-order valence-electron chi connectivity index (χ4n) is 3.93. The maximum absolute atomic E-state index is 13.0. The highest BCUT2D eigenvalue weighted by Gasteiger charge is 2.24. The van der Waals surface area contributed by atoms with E-state index in [0.717, 1.165) is 11.3 Å². The summed E-state index contributed by atoms with van der Waals surface area (Å²) < 4.78 is 40.1. The average molecular weight is 566 g/mol. The number of carbonyl (C=O) groups excluding carboxylic acids is 1. The minimum atomic E-state index is -3.62. The number of amides is 1. The highest BCUT2D eigenvalue weighted by atomic mass is 32.2. The Morgan fingerprint density at radius 2 is 1.67 bits per heavy atom. The molecule has 0 saturated carbocycles. The summed E-state index contributed by atoms with van der Waals surface area (Å²) in [5.41, 5.74) is 2.13. The molecule has 0 unspecified atom stereocenters. The van der Waals surface area contributed by atoms with Crippen LogP contribution in [0.2, 0.25) is 0 Å². The molecular weight excluding hydrogens is 538 g/mol. The van der Waals surface area contributed by atoms with Crippen molar-refractivity contribution in [2.75, 3.05) is 12.1 Å². The first-order valence-corrected chi connectivity index (χ1v) is 14.6. The van der Waals surface area contributed by atoms with Crippen LogP contribution in [-0.2, 0) is 14.8 Å². The van der Waals surface area contributed by atoms with E-state index >= 15 is 0 Å². The summed E-state index contributed by atoms with van der Waals surface area (Å²) in [7, 11) is -3.62. The van der Waals surface area contributed by atoms with Gasteiger partial charge in [-0.1, -0.05) is 30.0 Å². The summed E-state index contributed by atoms with van der Waals surface area (Å²) in [5, 5.41) is 11.7. The van der Waals surface area contributed by atoms with E-state index in [2.05, 4.69) is 20.2 Å². The number of sulfonamides is 1. The maximum atomic E-state index is 13.0. The zero-order valence-corrected chi connectivity index (χ0v) is 23.1. The molecule has 1 amide bonds. The third kappa shape index (κ3) is 5.92. The number of hydrogen-bond donors (Lipinski definition) is 2. The molecule has 202 valence electrons. The van der Waals surface area contributed by atoms with Crippen LogP contribution in [0, 0.1) is 0 Å². The lowest BCUT2D eigenvalue weighted by atomic mass is 10.2. The molecule has 0 aliphatic carbocycles. The maximum Gasteiger partial charge on any atom is 0.240 e. The normalized spacial score (nSPS) is 13.4. The molecular formula is C27H27N5O5S2. The Morgan fingerprint density at radius 3 is 2.38 bits per heavy atom.